The Labute approximate surface area is 332 Å². The van der Waals surface area contributed by atoms with Crippen molar-refractivity contribution in [3.8, 4) is 44.5 Å². The van der Waals surface area contributed by atoms with E-state index < -0.39 is 0 Å². The summed E-state index contributed by atoms with van der Waals surface area (Å²) in [6.07, 6.45) is 0. The van der Waals surface area contributed by atoms with Gasteiger partial charge in [0.2, 0.25) is 0 Å². The number of rotatable bonds is 6. The molecule has 0 radical (unpaired) electrons. The SMILES string of the molecule is CC1(C)c2ccccc2-c2ccc(N(c3ccc(-c4cccc5oc6cc(-c7ccccc7)c7ccccc7c6c45)cc3)c3ccccc3-c3ccccc3)cc21. The van der Waals surface area contributed by atoms with Crippen molar-refractivity contribution in [2.24, 2.45) is 0 Å². The van der Waals surface area contributed by atoms with Crippen LogP contribution >= 0.6 is 0 Å². The van der Waals surface area contributed by atoms with E-state index in [2.05, 4.69) is 219 Å². The Kier molecular flexibility index (Phi) is 7.55. The summed E-state index contributed by atoms with van der Waals surface area (Å²) in [4.78, 5) is 2.43. The molecule has 1 heterocycles. The molecule has 0 saturated heterocycles. The van der Waals surface area contributed by atoms with Gasteiger partial charge in [0, 0.05) is 33.1 Å². The second-order valence-corrected chi connectivity index (χ2v) is 15.7. The fourth-order valence-electron chi connectivity index (χ4n) is 9.36. The third kappa shape index (κ3) is 5.25. The van der Waals surface area contributed by atoms with Crippen molar-refractivity contribution in [1.82, 2.24) is 0 Å². The van der Waals surface area contributed by atoms with E-state index in [1.54, 1.807) is 0 Å². The van der Waals surface area contributed by atoms with E-state index in [0.717, 1.165) is 50.1 Å². The first kappa shape index (κ1) is 33.2. The van der Waals surface area contributed by atoms with Crippen LogP contribution in [0.1, 0.15) is 25.0 Å². The van der Waals surface area contributed by atoms with E-state index in [1.807, 2.05) is 0 Å². The minimum Gasteiger partial charge on any atom is -0.456 e. The Morgan fingerprint density at radius 1 is 0.368 bits per heavy atom. The lowest BCUT2D eigenvalue weighted by atomic mass is 9.82. The normalized spacial score (nSPS) is 12.9. The summed E-state index contributed by atoms with van der Waals surface area (Å²) >= 11 is 0. The molecule has 0 aliphatic heterocycles. The molecule has 0 atom stereocenters. The van der Waals surface area contributed by atoms with Gasteiger partial charge in [-0.05, 0) is 103 Å². The van der Waals surface area contributed by atoms with E-state index >= 15 is 0 Å². The van der Waals surface area contributed by atoms with Gasteiger partial charge in [0.1, 0.15) is 11.2 Å². The van der Waals surface area contributed by atoms with Gasteiger partial charge in [0.25, 0.3) is 0 Å². The molecule has 10 aromatic rings. The molecule has 0 spiro atoms. The molecule has 0 saturated carbocycles. The Morgan fingerprint density at radius 3 is 1.72 bits per heavy atom. The molecule has 2 heteroatoms. The molecule has 9 aromatic carbocycles. The van der Waals surface area contributed by atoms with Crippen LogP contribution in [0.3, 0.4) is 0 Å². The lowest BCUT2D eigenvalue weighted by Gasteiger charge is -2.30. The summed E-state index contributed by atoms with van der Waals surface area (Å²) in [5.41, 5.74) is 17.4. The number of hydrogen-bond acceptors (Lipinski definition) is 2. The highest BCUT2D eigenvalue weighted by Gasteiger charge is 2.36. The summed E-state index contributed by atoms with van der Waals surface area (Å²) in [5, 5.41) is 4.71. The lowest BCUT2D eigenvalue weighted by molar-refractivity contribution is 0.660. The van der Waals surface area contributed by atoms with Gasteiger partial charge in [-0.25, -0.2) is 0 Å². The summed E-state index contributed by atoms with van der Waals surface area (Å²) in [6, 6.07) is 72.5. The van der Waals surface area contributed by atoms with Gasteiger partial charge < -0.3 is 9.32 Å². The van der Waals surface area contributed by atoms with Crippen LogP contribution in [-0.2, 0) is 5.41 Å². The third-order valence-corrected chi connectivity index (χ3v) is 12.1. The first-order valence-electron chi connectivity index (χ1n) is 19.8. The molecular weight excluding hydrogens is 691 g/mol. The third-order valence-electron chi connectivity index (χ3n) is 12.1. The summed E-state index contributed by atoms with van der Waals surface area (Å²) in [5.74, 6) is 0. The quantitative estimate of drug-likeness (QED) is 0.169. The number of anilines is 3. The Hall–Kier alpha value is -7.16. The molecule has 0 bridgehead atoms. The van der Waals surface area contributed by atoms with Crippen molar-refractivity contribution in [3.05, 3.63) is 211 Å². The van der Waals surface area contributed by atoms with Crippen molar-refractivity contribution in [2.45, 2.75) is 19.3 Å². The zero-order valence-electron chi connectivity index (χ0n) is 31.9. The Bertz CT molecular complexity index is 3140. The highest BCUT2D eigenvalue weighted by Crippen LogP contribution is 2.51. The minimum atomic E-state index is -0.117. The van der Waals surface area contributed by atoms with Crippen molar-refractivity contribution < 1.29 is 4.42 Å². The molecule has 270 valence electrons. The smallest absolute Gasteiger partial charge is 0.136 e. The highest BCUT2D eigenvalue weighted by atomic mass is 16.3. The van der Waals surface area contributed by atoms with Crippen LogP contribution in [0.4, 0.5) is 17.1 Å². The van der Waals surface area contributed by atoms with Crippen molar-refractivity contribution in [2.75, 3.05) is 4.90 Å². The number of nitrogens with zero attached hydrogens (tertiary/aromatic N) is 1. The average Bonchev–Trinajstić information content (AvgIpc) is 3.76. The monoisotopic (exact) mass is 729 g/mol. The number of benzene rings is 9. The van der Waals surface area contributed by atoms with Gasteiger partial charge in [0.15, 0.2) is 0 Å². The van der Waals surface area contributed by atoms with E-state index in [1.165, 1.54) is 55.3 Å². The maximum atomic E-state index is 6.69. The molecule has 2 nitrogen and oxygen atoms in total. The second-order valence-electron chi connectivity index (χ2n) is 15.7. The maximum absolute atomic E-state index is 6.69. The van der Waals surface area contributed by atoms with Crippen LogP contribution in [0, 0.1) is 0 Å². The van der Waals surface area contributed by atoms with Crippen LogP contribution in [0.5, 0.6) is 0 Å². The fraction of sp³-hybridized carbons (Fsp3) is 0.0545. The average molecular weight is 730 g/mol. The van der Waals surface area contributed by atoms with Gasteiger partial charge in [-0.1, -0.05) is 172 Å². The Morgan fingerprint density at radius 2 is 0.947 bits per heavy atom. The molecular formula is C55H39NO. The molecule has 11 rings (SSSR count). The van der Waals surface area contributed by atoms with Crippen molar-refractivity contribution in [1.29, 1.82) is 0 Å². The maximum Gasteiger partial charge on any atom is 0.136 e. The number of fused-ring (bicyclic) bond motifs is 8. The zero-order chi connectivity index (χ0) is 38.1. The van der Waals surface area contributed by atoms with Gasteiger partial charge in [-0.2, -0.15) is 0 Å². The van der Waals surface area contributed by atoms with E-state index in [0.29, 0.717) is 0 Å². The highest BCUT2D eigenvalue weighted by molar-refractivity contribution is 6.25. The van der Waals surface area contributed by atoms with Crippen LogP contribution in [0.15, 0.2) is 205 Å². The minimum absolute atomic E-state index is 0.117. The summed E-state index contributed by atoms with van der Waals surface area (Å²) < 4.78 is 6.69. The Balaban J connectivity index is 1.08. The first-order valence-corrected chi connectivity index (χ1v) is 19.8. The van der Waals surface area contributed by atoms with E-state index in [4.69, 9.17) is 4.42 Å². The van der Waals surface area contributed by atoms with Crippen molar-refractivity contribution >= 4 is 49.8 Å². The van der Waals surface area contributed by atoms with Crippen LogP contribution in [0.2, 0.25) is 0 Å². The van der Waals surface area contributed by atoms with Gasteiger partial charge in [0.05, 0.1) is 5.69 Å². The summed E-state index contributed by atoms with van der Waals surface area (Å²) in [6.45, 7) is 4.70. The van der Waals surface area contributed by atoms with E-state index in [9.17, 15) is 0 Å². The molecule has 57 heavy (non-hydrogen) atoms. The molecule has 1 aliphatic rings. The first-order chi connectivity index (χ1) is 28.0. The number of hydrogen-bond donors (Lipinski definition) is 0. The summed E-state index contributed by atoms with van der Waals surface area (Å²) in [7, 11) is 0. The van der Waals surface area contributed by atoms with Crippen LogP contribution in [-0.4, -0.2) is 0 Å². The molecule has 1 aliphatic carbocycles. The second kappa shape index (κ2) is 13.0. The number of furan rings is 1. The molecule has 0 fully saturated rings. The fourth-order valence-corrected chi connectivity index (χ4v) is 9.36. The molecule has 0 N–H and O–H groups in total. The number of para-hydroxylation sites is 1. The standard InChI is InChI=1S/C55H39NO/c1-55(2)48-25-13-11-22-44(48)45-33-32-40(34-49(45)55)56(50-26-14-12-20-41(50)36-16-5-3-6-17-36)39-30-28-38(29-31-39)42-24-15-27-51-53(42)54-46-23-10-9-21-43(46)47(35-52(54)57-51)37-18-7-4-8-19-37/h3-35H,1-2H3. The van der Waals surface area contributed by atoms with E-state index in [-0.39, 0.29) is 5.41 Å². The van der Waals surface area contributed by atoms with Crippen LogP contribution in [0.25, 0.3) is 77.2 Å². The van der Waals surface area contributed by atoms with Crippen molar-refractivity contribution in [3.63, 3.8) is 0 Å². The van der Waals surface area contributed by atoms with Gasteiger partial charge in [-0.3, -0.25) is 0 Å². The predicted octanol–water partition coefficient (Wildman–Crippen LogP) is 15.5. The van der Waals surface area contributed by atoms with Crippen LogP contribution < -0.4 is 4.90 Å². The lowest BCUT2D eigenvalue weighted by Crippen LogP contribution is -2.16. The topological polar surface area (TPSA) is 16.4 Å². The molecule has 0 amide bonds. The van der Waals surface area contributed by atoms with Gasteiger partial charge >= 0.3 is 0 Å². The van der Waals surface area contributed by atoms with Gasteiger partial charge in [-0.15, -0.1) is 0 Å². The zero-order valence-corrected chi connectivity index (χ0v) is 31.9. The molecule has 0 unspecified atom stereocenters. The molecule has 1 aromatic heterocycles. The largest absolute Gasteiger partial charge is 0.456 e. The predicted molar refractivity (Wildman–Crippen MR) is 240 cm³/mol.